The molecule has 1 heterocycles. The van der Waals surface area contributed by atoms with Gasteiger partial charge in [0.25, 0.3) is 0 Å². The lowest BCUT2D eigenvalue weighted by molar-refractivity contribution is 0.377. The van der Waals surface area contributed by atoms with Gasteiger partial charge in [-0.1, -0.05) is 69.9 Å². The second-order valence-electron chi connectivity index (χ2n) is 6.02. The van der Waals surface area contributed by atoms with Gasteiger partial charge >= 0.3 is 0 Å². The van der Waals surface area contributed by atoms with Crippen LogP contribution in [0.4, 0.5) is 0 Å². The Labute approximate surface area is 116 Å². The van der Waals surface area contributed by atoms with Crippen molar-refractivity contribution in [3.63, 3.8) is 0 Å². The van der Waals surface area contributed by atoms with E-state index >= 15 is 0 Å². The Bertz CT molecular complexity index is 214. The van der Waals surface area contributed by atoms with Gasteiger partial charge in [0.2, 0.25) is 0 Å². The highest BCUT2D eigenvalue weighted by Gasteiger charge is 2.26. The lowest BCUT2D eigenvalue weighted by Crippen LogP contribution is -2.32. The molecule has 1 nitrogen and oxygen atoms in total. The first kappa shape index (κ1) is 16.0. The smallest absolute Gasteiger partial charge is 0.0774 e. The summed E-state index contributed by atoms with van der Waals surface area (Å²) in [5, 5.41) is 0. The number of rotatable bonds is 9. The van der Waals surface area contributed by atoms with E-state index < -0.39 is 8.07 Å². The first-order valence-corrected chi connectivity index (χ1v) is 10.9. The topological polar surface area (TPSA) is 3.24 Å². The van der Waals surface area contributed by atoms with Crippen LogP contribution in [0, 0.1) is 0 Å². The van der Waals surface area contributed by atoms with Gasteiger partial charge < -0.3 is 0 Å². The van der Waals surface area contributed by atoms with E-state index in [0.717, 1.165) is 0 Å². The number of hydrogen-bond acceptors (Lipinski definition) is 1. The average Bonchev–Trinajstić information content (AvgIpc) is 2.83. The Kier molecular flexibility index (Phi) is 7.92. The third-order valence-corrected chi connectivity index (χ3v) is 9.71. The van der Waals surface area contributed by atoms with Crippen molar-refractivity contribution in [3.8, 4) is 0 Å². The summed E-state index contributed by atoms with van der Waals surface area (Å²) in [4.78, 5) is 2.61. The molecule has 106 valence electrons. The second-order valence-corrected chi connectivity index (χ2v) is 10.6. The summed E-state index contributed by atoms with van der Waals surface area (Å²) in [7, 11) is -1.07. The lowest BCUT2D eigenvalue weighted by atomic mass is 10.4. The van der Waals surface area contributed by atoms with Crippen molar-refractivity contribution in [1.82, 2.24) is 4.90 Å². The highest BCUT2D eigenvalue weighted by Crippen LogP contribution is 2.27. The van der Waals surface area contributed by atoms with Crippen LogP contribution in [0.3, 0.4) is 0 Å². The molecule has 0 aliphatic carbocycles. The third-order valence-electron chi connectivity index (χ3n) is 4.28. The predicted molar refractivity (Wildman–Crippen MR) is 85.9 cm³/mol. The van der Waals surface area contributed by atoms with Gasteiger partial charge in [-0.2, -0.15) is 0 Å². The van der Waals surface area contributed by atoms with Crippen molar-refractivity contribution in [2.75, 3.05) is 19.6 Å². The summed E-state index contributed by atoms with van der Waals surface area (Å²) >= 11 is 0. The molecule has 1 saturated heterocycles. The van der Waals surface area contributed by atoms with Crippen LogP contribution in [0.2, 0.25) is 18.1 Å². The van der Waals surface area contributed by atoms with Crippen LogP contribution in [-0.2, 0) is 0 Å². The van der Waals surface area contributed by atoms with Crippen molar-refractivity contribution in [2.45, 2.75) is 71.0 Å². The van der Waals surface area contributed by atoms with E-state index in [1.165, 1.54) is 69.9 Å². The molecule has 0 atom stereocenters. The minimum absolute atomic E-state index is 1.07. The maximum Gasteiger partial charge on any atom is 0.0774 e. The SMILES string of the molecule is CCC[Si](C=CCN1CCCC1)(CCC)CCC. The molecule has 0 aromatic carbocycles. The quantitative estimate of drug-likeness (QED) is 0.539. The summed E-state index contributed by atoms with van der Waals surface area (Å²) in [5.41, 5.74) is 2.71. The van der Waals surface area contributed by atoms with E-state index in [1.807, 2.05) is 0 Å². The largest absolute Gasteiger partial charge is 0.300 e. The molecule has 0 amide bonds. The van der Waals surface area contributed by atoms with E-state index in [4.69, 9.17) is 0 Å². The monoisotopic (exact) mass is 267 g/mol. The molecule has 0 spiro atoms. The maximum atomic E-state index is 2.71. The second kappa shape index (κ2) is 8.92. The Balaban J connectivity index is 2.53. The number of likely N-dealkylation sites (tertiary alicyclic amines) is 1. The maximum absolute atomic E-state index is 2.71. The first-order valence-electron chi connectivity index (χ1n) is 8.16. The Morgan fingerprint density at radius 1 is 0.889 bits per heavy atom. The molecule has 0 radical (unpaired) electrons. The summed E-state index contributed by atoms with van der Waals surface area (Å²) in [6.45, 7) is 11.0. The summed E-state index contributed by atoms with van der Waals surface area (Å²) < 4.78 is 0. The van der Waals surface area contributed by atoms with Crippen LogP contribution in [0.25, 0.3) is 0 Å². The molecular formula is C16H33NSi. The van der Waals surface area contributed by atoms with Gasteiger partial charge in [0, 0.05) is 6.54 Å². The fraction of sp³-hybridized carbons (Fsp3) is 0.875. The van der Waals surface area contributed by atoms with Gasteiger partial charge in [-0.05, 0) is 25.9 Å². The summed E-state index contributed by atoms with van der Waals surface area (Å²) in [6, 6.07) is 4.52. The van der Waals surface area contributed by atoms with Gasteiger partial charge in [-0.3, -0.25) is 4.90 Å². The molecule has 0 saturated carbocycles. The Hall–Kier alpha value is -0.0831. The summed E-state index contributed by atoms with van der Waals surface area (Å²) in [6.07, 6.45) is 9.48. The van der Waals surface area contributed by atoms with Gasteiger partial charge in [0.1, 0.15) is 0 Å². The van der Waals surface area contributed by atoms with Crippen LogP contribution >= 0.6 is 0 Å². The van der Waals surface area contributed by atoms with Crippen molar-refractivity contribution in [1.29, 1.82) is 0 Å². The zero-order chi connectivity index (χ0) is 13.3. The van der Waals surface area contributed by atoms with Crippen molar-refractivity contribution >= 4 is 8.07 Å². The van der Waals surface area contributed by atoms with Crippen LogP contribution in [0.15, 0.2) is 11.8 Å². The van der Waals surface area contributed by atoms with Crippen LogP contribution < -0.4 is 0 Å². The molecule has 1 aliphatic heterocycles. The molecule has 0 N–H and O–H groups in total. The minimum Gasteiger partial charge on any atom is -0.300 e. The standard InChI is InChI=1S/C16H33NSi/c1-4-13-18(14-5-2,15-6-3)16-9-12-17-10-7-8-11-17/h9,16H,4-8,10-15H2,1-3H3. The number of hydrogen-bond donors (Lipinski definition) is 0. The normalized spacial score (nSPS) is 17.9. The minimum atomic E-state index is -1.07. The van der Waals surface area contributed by atoms with E-state index in [0.29, 0.717) is 0 Å². The average molecular weight is 268 g/mol. The fourth-order valence-electron chi connectivity index (χ4n) is 3.54. The van der Waals surface area contributed by atoms with E-state index in [-0.39, 0.29) is 0 Å². The zero-order valence-corrected chi connectivity index (χ0v) is 13.9. The molecule has 18 heavy (non-hydrogen) atoms. The van der Waals surface area contributed by atoms with Crippen LogP contribution in [0.5, 0.6) is 0 Å². The van der Waals surface area contributed by atoms with Crippen molar-refractivity contribution < 1.29 is 0 Å². The van der Waals surface area contributed by atoms with Gasteiger partial charge in [-0.15, -0.1) is 0 Å². The molecule has 1 rings (SSSR count). The van der Waals surface area contributed by atoms with Crippen LogP contribution in [0.1, 0.15) is 52.9 Å². The van der Waals surface area contributed by atoms with Crippen molar-refractivity contribution in [2.24, 2.45) is 0 Å². The first-order chi connectivity index (χ1) is 8.76. The van der Waals surface area contributed by atoms with E-state index in [9.17, 15) is 0 Å². The summed E-state index contributed by atoms with van der Waals surface area (Å²) in [5.74, 6) is 0. The Morgan fingerprint density at radius 3 is 1.83 bits per heavy atom. The lowest BCUT2D eigenvalue weighted by Gasteiger charge is -2.28. The molecular weight excluding hydrogens is 234 g/mol. The zero-order valence-electron chi connectivity index (χ0n) is 12.9. The molecule has 1 fully saturated rings. The molecule has 0 bridgehead atoms. The molecule has 0 unspecified atom stereocenters. The van der Waals surface area contributed by atoms with Gasteiger partial charge in [0.15, 0.2) is 0 Å². The van der Waals surface area contributed by atoms with Crippen molar-refractivity contribution in [3.05, 3.63) is 11.8 Å². The Morgan fingerprint density at radius 2 is 1.39 bits per heavy atom. The van der Waals surface area contributed by atoms with E-state index in [2.05, 4.69) is 37.4 Å². The van der Waals surface area contributed by atoms with E-state index in [1.54, 1.807) is 0 Å². The number of nitrogens with zero attached hydrogens (tertiary/aromatic N) is 1. The molecule has 1 aliphatic rings. The molecule has 0 aromatic heterocycles. The highest BCUT2D eigenvalue weighted by molar-refractivity contribution is 6.84. The molecule has 0 aromatic rings. The molecule has 2 heteroatoms. The predicted octanol–water partition coefficient (Wildman–Crippen LogP) is 4.86. The van der Waals surface area contributed by atoms with Gasteiger partial charge in [-0.25, -0.2) is 0 Å². The van der Waals surface area contributed by atoms with Crippen LogP contribution in [-0.4, -0.2) is 32.6 Å². The third kappa shape index (κ3) is 5.27. The highest BCUT2D eigenvalue weighted by atomic mass is 28.3. The fourth-order valence-corrected chi connectivity index (χ4v) is 8.38. The van der Waals surface area contributed by atoms with Gasteiger partial charge in [0.05, 0.1) is 8.07 Å².